The van der Waals surface area contributed by atoms with E-state index in [2.05, 4.69) is 5.32 Å². The van der Waals surface area contributed by atoms with Gasteiger partial charge in [0.05, 0.1) is 7.11 Å². The lowest BCUT2D eigenvalue weighted by Crippen LogP contribution is -2.32. The molecule has 1 amide bonds. The fourth-order valence-corrected chi connectivity index (χ4v) is 2.16. The highest BCUT2D eigenvalue weighted by atomic mass is 16.6. The second-order valence-electron chi connectivity index (χ2n) is 6.60. The normalized spacial score (nSPS) is 10.9. The highest BCUT2D eigenvalue weighted by Crippen LogP contribution is 2.26. The predicted octanol–water partition coefficient (Wildman–Crippen LogP) is 4.30. The van der Waals surface area contributed by atoms with Crippen LogP contribution in [-0.2, 0) is 17.9 Å². The van der Waals surface area contributed by atoms with Gasteiger partial charge in [-0.3, -0.25) is 0 Å². The molecule has 0 heterocycles. The van der Waals surface area contributed by atoms with E-state index in [1.807, 2.05) is 69.3 Å². The Balaban J connectivity index is 2.05. The first kappa shape index (κ1) is 18.6. The third-order valence-corrected chi connectivity index (χ3v) is 3.33. The van der Waals surface area contributed by atoms with Crippen molar-refractivity contribution in [3.8, 4) is 11.5 Å². The van der Waals surface area contributed by atoms with Gasteiger partial charge in [-0.05, 0) is 38.5 Å². The molecule has 0 radical (unpaired) electrons. The van der Waals surface area contributed by atoms with Gasteiger partial charge < -0.3 is 19.5 Å². The molecular formula is C20H25NO4. The fraction of sp³-hybridized carbons (Fsp3) is 0.350. The van der Waals surface area contributed by atoms with Crippen LogP contribution >= 0.6 is 0 Å². The molecular weight excluding hydrogens is 318 g/mol. The van der Waals surface area contributed by atoms with Gasteiger partial charge in [0.15, 0.2) is 0 Å². The van der Waals surface area contributed by atoms with E-state index in [0.717, 1.165) is 11.1 Å². The number of hydrogen-bond acceptors (Lipinski definition) is 4. The van der Waals surface area contributed by atoms with Crippen molar-refractivity contribution < 1.29 is 19.0 Å². The lowest BCUT2D eigenvalue weighted by atomic mass is 10.2. The minimum Gasteiger partial charge on any atom is -0.497 e. The van der Waals surface area contributed by atoms with E-state index in [1.165, 1.54) is 0 Å². The first-order chi connectivity index (χ1) is 11.9. The first-order valence-corrected chi connectivity index (χ1v) is 8.18. The van der Waals surface area contributed by atoms with E-state index in [-0.39, 0.29) is 0 Å². The molecule has 0 saturated heterocycles. The lowest BCUT2D eigenvalue weighted by molar-refractivity contribution is 0.0523. The summed E-state index contributed by atoms with van der Waals surface area (Å²) in [7, 11) is 1.61. The summed E-state index contributed by atoms with van der Waals surface area (Å²) in [6.45, 7) is 6.23. The van der Waals surface area contributed by atoms with Gasteiger partial charge >= 0.3 is 6.09 Å². The zero-order chi connectivity index (χ0) is 18.3. The van der Waals surface area contributed by atoms with Crippen molar-refractivity contribution in [2.24, 2.45) is 0 Å². The Labute approximate surface area is 148 Å². The van der Waals surface area contributed by atoms with Gasteiger partial charge in [-0.25, -0.2) is 4.79 Å². The summed E-state index contributed by atoms with van der Waals surface area (Å²) in [6, 6.07) is 15.4. The summed E-state index contributed by atoms with van der Waals surface area (Å²) in [4.78, 5) is 11.8. The van der Waals surface area contributed by atoms with Crippen molar-refractivity contribution in [2.75, 3.05) is 7.11 Å². The molecule has 0 bridgehead atoms. The fourth-order valence-electron chi connectivity index (χ4n) is 2.16. The van der Waals surface area contributed by atoms with E-state index >= 15 is 0 Å². The number of benzene rings is 2. The van der Waals surface area contributed by atoms with Crippen molar-refractivity contribution in [3.63, 3.8) is 0 Å². The van der Waals surface area contributed by atoms with Gasteiger partial charge in [0.25, 0.3) is 0 Å². The van der Waals surface area contributed by atoms with Gasteiger partial charge in [-0.2, -0.15) is 0 Å². The van der Waals surface area contributed by atoms with Gasteiger partial charge in [-0.1, -0.05) is 30.3 Å². The van der Waals surface area contributed by atoms with Crippen LogP contribution in [0.15, 0.2) is 48.5 Å². The Kier molecular flexibility index (Phi) is 6.28. The summed E-state index contributed by atoms with van der Waals surface area (Å²) in [6.07, 6.45) is -0.461. The maximum atomic E-state index is 11.8. The van der Waals surface area contributed by atoms with Gasteiger partial charge in [0, 0.05) is 18.2 Å². The molecule has 0 aliphatic carbocycles. The molecule has 0 aliphatic heterocycles. The maximum absolute atomic E-state index is 11.8. The largest absolute Gasteiger partial charge is 0.497 e. The molecule has 25 heavy (non-hydrogen) atoms. The second kappa shape index (κ2) is 8.42. The molecule has 134 valence electrons. The van der Waals surface area contributed by atoms with Crippen LogP contribution in [-0.4, -0.2) is 18.8 Å². The summed E-state index contributed by atoms with van der Waals surface area (Å²) in [5, 5.41) is 2.75. The molecule has 1 N–H and O–H groups in total. The SMILES string of the molecule is COc1ccc(CNC(=O)OC(C)(C)C)c(OCc2ccccc2)c1. The summed E-state index contributed by atoms with van der Waals surface area (Å²) < 4.78 is 16.4. The van der Waals surface area contributed by atoms with Crippen LogP contribution in [0, 0.1) is 0 Å². The topological polar surface area (TPSA) is 56.8 Å². The van der Waals surface area contributed by atoms with Crippen LogP contribution in [0.5, 0.6) is 11.5 Å². The number of carbonyl (C=O) groups excluding carboxylic acids is 1. The number of alkyl carbamates (subject to hydrolysis) is 1. The quantitative estimate of drug-likeness (QED) is 0.850. The Morgan fingerprint density at radius 1 is 1.08 bits per heavy atom. The Bertz CT molecular complexity index is 693. The van der Waals surface area contributed by atoms with E-state index < -0.39 is 11.7 Å². The van der Waals surface area contributed by atoms with Gasteiger partial charge in [0.1, 0.15) is 23.7 Å². The van der Waals surface area contributed by atoms with E-state index in [4.69, 9.17) is 14.2 Å². The second-order valence-corrected chi connectivity index (χ2v) is 6.60. The van der Waals surface area contributed by atoms with Crippen LogP contribution in [0.4, 0.5) is 4.79 Å². The third kappa shape index (κ3) is 6.37. The number of nitrogens with one attached hydrogen (secondary N) is 1. The van der Waals surface area contributed by atoms with Crippen molar-refractivity contribution in [2.45, 2.75) is 39.5 Å². The van der Waals surface area contributed by atoms with E-state index in [9.17, 15) is 4.79 Å². The smallest absolute Gasteiger partial charge is 0.407 e. The molecule has 0 atom stereocenters. The number of hydrogen-bond donors (Lipinski definition) is 1. The molecule has 0 fully saturated rings. The van der Waals surface area contributed by atoms with Gasteiger partial charge in [-0.15, -0.1) is 0 Å². The predicted molar refractivity (Wildman–Crippen MR) is 96.8 cm³/mol. The molecule has 0 saturated carbocycles. The molecule has 5 heteroatoms. The lowest BCUT2D eigenvalue weighted by Gasteiger charge is -2.20. The molecule has 0 unspecified atom stereocenters. The maximum Gasteiger partial charge on any atom is 0.407 e. The highest BCUT2D eigenvalue weighted by molar-refractivity contribution is 5.67. The van der Waals surface area contributed by atoms with Gasteiger partial charge in [0.2, 0.25) is 0 Å². The summed E-state index contributed by atoms with van der Waals surface area (Å²) >= 11 is 0. The molecule has 2 rings (SSSR count). The zero-order valence-corrected chi connectivity index (χ0v) is 15.2. The zero-order valence-electron chi connectivity index (χ0n) is 15.2. The molecule has 0 spiro atoms. The first-order valence-electron chi connectivity index (χ1n) is 8.18. The molecule has 2 aromatic rings. The average Bonchev–Trinajstić information content (AvgIpc) is 2.58. The minimum absolute atomic E-state index is 0.309. The van der Waals surface area contributed by atoms with Crippen molar-refractivity contribution in [1.82, 2.24) is 5.32 Å². The van der Waals surface area contributed by atoms with E-state index in [1.54, 1.807) is 7.11 Å². The number of rotatable bonds is 6. The Morgan fingerprint density at radius 2 is 1.80 bits per heavy atom. The molecule has 5 nitrogen and oxygen atoms in total. The Hall–Kier alpha value is -2.69. The number of ether oxygens (including phenoxy) is 3. The molecule has 0 aromatic heterocycles. The average molecular weight is 343 g/mol. The van der Waals surface area contributed by atoms with Crippen LogP contribution < -0.4 is 14.8 Å². The Morgan fingerprint density at radius 3 is 2.44 bits per heavy atom. The number of methoxy groups -OCH3 is 1. The van der Waals surface area contributed by atoms with Crippen molar-refractivity contribution in [3.05, 3.63) is 59.7 Å². The van der Waals surface area contributed by atoms with Crippen LogP contribution in [0.1, 0.15) is 31.9 Å². The highest BCUT2D eigenvalue weighted by Gasteiger charge is 2.16. The standard InChI is InChI=1S/C20H25NO4/c1-20(2,3)25-19(22)21-13-16-10-11-17(23-4)12-18(16)24-14-15-8-6-5-7-9-15/h5-12H,13-14H2,1-4H3,(H,21,22). The van der Waals surface area contributed by atoms with Crippen LogP contribution in [0.25, 0.3) is 0 Å². The van der Waals surface area contributed by atoms with Crippen molar-refractivity contribution >= 4 is 6.09 Å². The molecule has 0 aliphatic rings. The van der Waals surface area contributed by atoms with Crippen molar-refractivity contribution in [1.29, 1.82) is 0 Å². The summed E-state index contributed by atoms with van der Waals surface area (Å²) in [5.74, 6) is 1.36. The minimum atomic E-state index is -0.531. The monoisotopic (exact) mass is 343 g/mol. The van der Waals surface area contributed by atoms with Crippen LogP contribution in [0.2, 0.25) is 0 Å². The number of carbonyl (C=O) groups is 1. The van der Waals surface area contributed by atoms with Crippen LogP contribution in [0.3, 0.4) is 0 Å². The van der Waals surface area contributed by atoms with E-state index in [0.29, 0.717) is 24.7 Å². The molecule has 2 aromatic carbocycles. The number of amides is 1. The summed E-state index contributed by atoms with van der Waals surface area (Å²) in [5.41, 5.74) is 1.38. The third-order valence-electron chi connectivity index (χ3n) is 3.33.